The minimum atomic E-state index is -0.740. The van der Waals surface area contributed by atoms with Crippen LogP contribution >= 0.6 is 11.3 Å². The number of aryl methyl sites for hydroxylation is 1. The van der Waals surface area contributed by atoms with Crippen molar-refractivity contribution in [3.63, 3.8) is 0 Å². The van der Waals surface area contributed by atoms with E-state index in [1.807, 2.05) is 35.0 Å². The van der Waals surface area contributed by atoms with Crippen molar-refractivity contribution in [1.82, 2.24) is 4.90 Å². The lowest BCUT2D eigenvalue weighted by Crippen LogP contribution is -2.51. The van der Waals surface area contributed by atoms with Crippen molar-refractivity contribution in [2.45, 2.75) is 37.9 Å². The molecule has 6 nitrogen and oxygen atoms in total. The summed E-state index contributed by atoms with van der Waals surface area (Å²) in [7, 11) is 0. The maximum Gasteiger partial charge on any atom is 0.227 e. The van der Waals surface area contributed by atoms with E-state index in [4.69, 9.17) is 4.74 Å². The third kappa shape index (κ3) is 4.14. The number of benzene rings is 1. The van der Waals surface area contributed by atoms with Gasteiger partial charge < -0.3 is 20.1 Å². The fourth-order valence-corrected chi connectivity index (χ4v) is 4.22. The number of carbonyl (C=O) groups excluding carboxylic acids is 2. The number of amides is 2. The van der Waals surface area contributed by atoms with Crippen LogP contribution in [-0.4, -0.2) is 47.1 Å². The number of thiophene rings is 1. The highest BCUT2D eigenvalue weighted by molar-refractivity contribution is 7.08. The molecule has 0 bridgehead atoms. The van der Waals surface area contributed by atoms with E-state index in [9.17, 15) is 14.7 Å². The Morgan fingerprint density at radius 2 is 2.22 bits per heavy atom. The molecule has 2 amide bonds. The van der Waals surface area contributed by atoms with E-state index in [1.54, 1.807) is 16.2 Å². The summed E-state index contributed by atoms with van der Waals surface area (Å²) in [5.74, 6) is 0.664. The number of β-amino-alcohol motifs (C(OH)–C–C–N with tert-alkyl or cyclic N) is 1. The second kappa shape index (κ2) is 7.70. The molecule has 1 aromatic heterocycles. The number of aliphatic hydroxyl groups excluding tert-OH is 1. The number of aliphatic hydroxyl groups is 1. The zero-order valence-corrected chi connectivity index (χ0v) is 15.7. The summed E-state index contributed by atoms with van der Waals surface area (Å²) < 4.78 is 5.97. The van der Waals surface area contributed by atoms with Crippen molar-refractivity contribution in [2.24, 2.45) is 0 Å². The largest absolute Gasteiger partial charge is 0.488 e. The first-order valence-corrected chi connectivity index (χ1v) is 10.1. The molecule has 1 fully saturated rings. The van der Waals surface area contributed by atoms with Crippen LogP contribution in [-0.2, 0) is 22.4 Å². The van der Waals surface area contributed by atoms with E-state index >= 15 is 0 Å². The summed E-state index contributed by atoms with van der Waals surface area (Å²) in [5.41, 5.74) is 2.88. The number of carbonyl (C=O) groups is 2. The first kappa shape index (κ1) is 18.0. The molecule has 0 aliphatic carbocycles. The normalized spacial score (nSPS) is 22.1. The number of likely N-dealkylation sites (tertiary alicyclic amines) is 1. The van der Waals surface area contributed by atoms with Crippen molar-refractivity contribution in [1.29, 1.82) is 0 Å². The van der Waals surface area contributed by atoms with Crippen molar-refractivity contribution in [3.05, 3.63) is 46.2 Å². The topological polar surface area (TPSA) is 78.9 Å². The predicted molar refractivity (Wildman–Crippen MR) is 103 cm³/mol. The number of hydrogen-bond acceptors (Lipinski definition) is 5. The molecule has 2 aliphatic rings. The smallest absolute Gasteiger partial charge is 0.227 e. The van der Waals surface area contributed by atoms with Gasteiger partial charge in [0.05, 0.1) is 13.0 Å². The maximum absolute atomic E-state index is 12.4. The number of fused-ring (bicyclic) bond motifs is 1. The van der Waals surface area contributed by atoms with Gasteiger partial charge >= 0.3 is 0 Å². The quantitative estimate of drug-likeness (QED) is 0.845. The summed E-state index contributed by atoms with van der Waals surface area (Å²) >= 11 is 1.57. The molecule has 3 heterocycles. The Hall–Kier alpha value is -2.38. The molecule has 0 saturated carbocycles. The summed E-state index contributed by atoms with van der Waals surface area (Å²) in [6, 6.07) is 7.59. The van der Waals surface area contributed by atoms with Crippen LogP contribution in [0.1, 0.15) is 24.0 Å². The molecule has 4 rings (SSSR count). The highest BCUT2D eigenvalue weighted by Gasteiger charge is 2.31. The highest BCUT2D eigenvalue weighted by atomic mass is 32.1. The maximum atomic E-state index is 12.4. The SMILES string of the molecule is O=C1CCc2ccc(O[C@@H]3CCN(C(=O)Cc4ccsc4)C[C@H]3O)cc2N1. The van der Waals surface area contributed by atoms with Crippen molar-refractivity contribution in [2.75, 3.05) is 18.4 Å². The van der Waals surface area contributed by atoms with Crippen LogP contribution < -0.4 is 10.1 Å². The Labute approximate surface area is 161 Å². The summed E-state index contributed by atoms with van der Waals surface area (Å²) in [4.78, 5) is 25.7. The van der Waals surface area contributed by atoms with Gasteiger partial charge in [0.15, 0.2) is 0 Å². The van der Waals surface area contributed by atoms with E-state index in [2.05, 4.69) is 5.32 Å². The molecular formula is C20H22N2O4S. The second-order valence-electron chi connectivity index (χ2n) is 7.03. The Bertz CT molecular complexity index is 837. The van der Waals surface area contributed by atoms with Gasteiger partial charge in [-0.05, 0) is 40.4 Å². The van der Waals surface area contributed by atoms with Crippen molar-refractivity contribution < 1.29 is 19.4 Å². The van der Waals surface area contributed by atoms with Crippen LogP contribution in [0.5, 0.6) is 5.75 Å². The number of piperidine rings is 1. The van der Waals surface area contributed by atoms with Gasteiger partial charge in [-0.25, -0.2) is 0 Å². The monoisotopic (exact) mass is 386 g/mol. The average Bonchev–Trinajstić information content (AvgIpc) is 3.16. The summed E-state index contributed by atoms with van der Waals surface area (Å²) in [6.07, 6.45) is 1.06. The van der Waals surface area contributed by atoms with Gasteiger partial charge in [0.1, 0.15) is 18.0 Å². The van der Waals surface area contributed by atoms with Crippen LogP contribution in [0.2, 0.25) is 0 Å². The van der Waals surface area contributed by atoms with Crippen LogP contribution in [0, 0.1) is 0 Å². The molecule has 1 saturated heterocycles. The number of anilines is 1. The molecule has 0 unspecified atom stereocenters. The molecule has 27 heavy (non-hydrogen) atoms. The molecular weight excluding hydrogens is 364 g/mol. The van der Waals surface area contributed by atoms with E-state index in [1.165, 1.54) is 0 Å². The molecule has 0 spiro atoms. The first-order chi connectivity index (χ1) is 13.1. The van der Waals surface area contributed by atoms with Crippen LogP contribution in [0.15, 0.2) is 35.0 Å². The third-order valence-corrected chi connectivity index (χ3v) is 5.80. The fraction of sp³-hybridized carbons (Fsp3) is 0.400. The number of ether oxygens (including phenoxy) is 1. The predicted octanol–water partition coefficient (Wildman–Crippen LogP) is 2.22. The standard InChI is InChI=1S/C20H22N2O4S/c23-17-11-22(20(25)9-13-6-8-27-12-13)7-5-18(17)26-15-3-1-14-2-4-19(24)21-16(14)10-15/h1,3,6,8,10,12,17-18,23H,2,4-5,7,9,11H2,(H,21,24)/t17-,18-/m1/s1. The number of nitrogens with zero attached hydrogens (tertiary/aromatic N) is 1. The zero-order chi connectivity index (χ0) is 18.8. The molecule has 2 atom stereocenters. The molecule has 2 N–H and O–H groups in total. The number of nitrogens with one attached hydrogen (secondary N) is 1. The minimum absolute atomic E-state index is 0.0112. The molecule has 2 aliphatic heterocycles. The zero-order valence-electron chi connectivity index (χ0n) is 14.9. The third-order valence-electron chi connectivity index (χ3n) is 5.07. The number of hydrogen-bond donors (Lipinski definition) is 2. The summed E-state index contributed by atoms with van der Waals surface area (Å²) in [5, 5.41) is 17.3. The molecule has 7 heteroatoms. The fourth-order valence-electron chi connectivity index (χ4n) is 3.55. The Morgan fingerprint density at radius 1 is 1.33 bits per heavy atom. The van der Waals surface area contributed by atoms with Crippen LogP contribution in [0.3, 0.4) is 0 Å². The minimum Gasteiger partial charge on any atom is -0.488 e. The highest BCUT2D eigenvalue weighted by Crippen LogP contribution is 2.29. The van der Waals surface area contributed by atoms with Gasteiger partial charge in [0, 0.05) is 31.1 Å². The van der Waals surface area contributed by atoms with E-state index < -0.39 is 6.10 Å². The average molecular weight is 386 g/mol. The lowest BCUT2D eigenvalue weighted by molar-refractivity contribution is -0.136. The Morgan fingerprint density at radius 3 is 3.00 bits per heavy atom. The van der Waals surface area contributed by atoms with Gasteiger partial charge in [-0.3, -0.25) is 9.59 Å². The Kier molecular flexibility index (Phi) is 5.13. The molecule has 142 valence electrons. The van der Waals surface area contributed by atoms with E-state index in [0.717, 1.165) is 23.2 Å². The van der Waals surface area contributed by atoms with Gasteiger partial charge in [-0.15, -0.1) is 0 Å². The van der Waals surface area contributed by atoms with Crippen LogP contribution in [0.25, 0.3) is 0 Å². The molecule has 0 radical (unpaired) electrons. The van der Waals surface area contributed by atoms with Gasteiger partial charge in [-0.1, -0.05) is 6.07 Å². The Balaban J connectivity index is 1.35. The number of rotatable bonds is 4. The molecule has 1 aromatic carbocycles. The van der Waals surface area contributed by atoms with E-state index in [0.29, 0.717) is 31.6 Å². The lowest BCUT2D eigenvalue weighted by atomic mass is 10.0. The lowest BCUT2D eigenvalue weighted by Gasteiger charge is -2.36. The van der Waals surface area contributed by atoms with Gasteiger partial charge in [0.2, 0.25) is 11.8 Å². The second-order valence-corrected chi connectivity index (χ2v) is 7.81. The molecule has 2 aromatic rings. The van der Waals surface area contributed by atoms with Crippen molar-refractivity contribution >= 4 is 28.8 Å². The van der Waals surface area contributed by atoms with Gasteiger partial charge in [0.25, 0.3) is 0 Å². The van der Waals surface area contributed by atoms with Gasteiger partial charge in [-0.2, -0.15) is 11.3 Å². The van der Waals surface area contributed by atoms with E-state index in [-0.39, 0.29) is 24.5 Å². The van der Waals surface area contributed by atoms with Crippen LogP contribution in [0.4, 0.5) is 5.69 Å². The first-order valence-electron chi connectivity index (χ1n) is 9.15. The summed E-state index contributed by atoms with van der Waals surface area (Å²) in [6.45, 7) is 0.835. The van der Waals surface area contributed by atoms with Crippen molar-refractivity contribution in [3.8, 4) is 5.75 Å².